The Balaban J connectivity index is 1.86. The van der Waals surface area contributed by atoms with E-state index in [0.29, 0.717) is 18.5 Å². The fourth-order valence-corrected chi connectivity index (χ4v) is 4.56. The van der Waals surface area contributed by atoms with Crippen LogP contribution in [0.5, 0.6) is 0 Å². The van der Waals surface area contributed by atoms with Crippen LogP contribution >= 0.6 is 0 Å². The van der Waals surface area contributed by atoms with E-state index < -0.39 is 9.84 Å². The molecule has 0 amide bonds. The van der Waals surface area contributed by atoms with Crippen LogP contribution in [0.4, 0.5) is 0 Å². The Morgan fingerprint density at radius 1 is 1.32 bits per heavy atom. The SMILES string of the molecule is CCc1ccc2c(CN[C@H]3CCS(=O)(=O)C3)cc(=O)oc2c1. The summed E-state index contributed by atoms with van der Waals surface area (Å²) in [6.45, 7) is 2.51. The molecule has 0 saturated carbocycles. The van der Waals surface area contributed by atoms with Crippen LogP contribution < -0.4 is 10.9 Å². The molecule has 0 spiro atoms. The molecule has 1 aliphatic rings. The second kappa shape index (κ2) is 5.85. The van der Waals surface area contributed by atoms with E-state index in [1.165, 1.54) is 6.07 Å². The van der Waals surface area contributed by atoms with Crippen LogP contribution in [0.1, 0.15) is 24.5 Å². The lowest BCUT2D eigenvalue weighted by atomic mass is 10.1. The molecule has 1 N–H and O–H groups in total. The minimum absolute atomic E-state index is 0.0396. The second-order valence-corrected chi connectivity index (χ2v) is 7.98. The minimum atomic E-state index is -2.90. The van der Waals surface area contributed by atoms with Gasteiger partial charge in [-0.15, -0.1) is 0 Å². The molecular weight excluding hydrogens is 302 g/mol. The molecule has 0 unspecified atom stereocenters. The normalized spacial score (nSPS) is 20.5. The molecule has 118 valence electrons. The number of rotatable bonds is 4. The summed E-state index contributed by atoms with van der Waals surface area (Å²) in [5.41, 5.74) is 2.17. The van der Waals surface area contributed by atoms with Gasteiger partial charge in [0.15, 0.2) is 9.84 Å². The zero-order chi connectivity index (χ0) is 15.7. The molecule has 22 heavy (non-hydrogen) atoms. The monoisotopic (exact) mass is 321 g/mol. The first-order valence-corrected chi connectivity index (χ1v) is 9.28. The van der Waals surface area contributed by atoms with Gasteiger partial charge in [-0.25, -0.2) is 13.2 Å². The molecule has 1 aromatic carbocycles. The fourth-order valence-electron chi connectivity index (χ4n) is 2.85. The van der Waals surface area contributed by atoms with Gasteiger partial charge in [0.2, 0.25) is 0 Å². The van der Waals surface area contributed by atoms with Gasteiger partial charge in [-0.05, 0) is 30.0 Å². The molecule has 0 radical (unpaired) electrons. The van der Waals surface area contributed by atoms with Gasteiger partial charge in [0.25, 0.3) is 0 Å². The minimum Gasteiger partial charge on any atom is -0.423 e. The summed E-state index contributed by atoms with van der Waals surface area (Å²) in [5, 5.41) is 4.14. The Morgan fingerprint density at radius 3 is 2.82 bits per heavy atom. The molecule has 5 nitrogen and oxygen atoms in total. The summed E-state index contributed by atoms with van der Waals surface area (Å²) >= 11 is 0. The number of sulfone groups is 1. The predicted molar refractivity (Wildman–Crippen MR) is 85.8 cm³/mol. The Labute approximate surface area is 129 Å². The Bertz CT molecular complexity index is 854. The van der Waals surface area contributed by atoms with Gasteiger partial charge in [0, 0.05) is 24.0 Å². The Kier molecular flexibility index (Phi) is 4.06. The standard InChI is InChI=1S/C16H19NO4S/c1-2-11-3-4-14-12(8-16(18)21-15(14)7-11)9-17-13-5-6-22(19,20)10-13/h3-4,7-8,13,17H,2,5-6,9-10H2,1H3/t13-/m0/s1. The molecule has 2 heterocycles. The molecule has 1 aromatic heterocycles. The van der Waals surface area contributed by atoms with E-state index in [9.17, 15) is 13.2 Å². The second-order valence-electron chi connectivity index (χ2n) is 5.76. The summed E-state index contributed by atoms with van der Waals surface area (Å²) in [6, 6.07) is 7.30. The molecule has 1 atom stereocenters. The van der Waals surface area contributed by atoms with Gasteiger partial charge >= 0.3 is 5.63 Å². The van der Waals surface area contributed by atoms with Crippen LogP contribution in [0.15, 0.2) is 33.5 Å². The van der Waals surface area contributed by atoms with Crippen molar-refractivity contribution in [1.82, 2.24) is 5.32 Å². The maximum absolute atomic E-state index is 11.7. The summed E-state index contributed by atoms with van der Waals surface area (Å²) in [5.74, 6) is 0.411. The number of aryl methyl sites for hydroxylation is 1. The predicted octanol–water partition coefficient (Wildman–Crippen LogP) is 1.63. The molecule has 1 fully saturated rings. The van der Waals surface area contributed by atoms with E-state index >= 15 is 0 Å². The summed E-state index contributed by atoms with van der Waals surface area (Å²) in [6.07, 6.45) is 1.50. The van der Waals surface area contributed by atoms with Crippen molar-refractivity contribution >= 4 is 20.8 Å². The van der Waals surface area contributed by atoms with Crippen molar-refractivity contribution in [3.8, 4) is 0 Å². The fraction of sp³-hybridized carbons (Fsp3) is 0.438. The van der Waals surface area contributed by atoms with Crippen molar-refractivity contribution < 1.29 is 12.8 Å². The first-order valence-electron chi connectivity index (χ1n) is 7.46. The molecular formula is C16H19NO4S. The van der Waals surface area contributed by atoms with Gasteiger partial charge < -0.3 is 9.73 Å². The van der Waals surface area contributed by atoms with E-state index in [-0.39, 0.29) is 23.2 Å². The van der Waals surface area contributed by atoms with Crippen LogP contribution in [0.25, 0.3) is 11.0 Å². The van der Waals surface area contributed by atoms with Crippen LogP contribution in [0, 0.1) is 0 Å². The average Bonchev–Trinajstić information content (AvgIpc) is 2.83. The van der Waals surface area contributed by atoms with Crippen molar-refractivity contribution in [3.05, 3.63) is 45.8 Å². The molecule has 1 saturated heterocycles. The van der Waals surface area contributed by atoms with E-state index in [1.54, 1.807) is 0 Å². The zero-order valence-corrected chi connectivity index (χ0v) is 13.3. The lowest BCUT2D eigenvalue weighted by Crippen LogP contribution is -2.29. The highest BCUT2D eigenvalue weighted by Crippen LogP contribution is 2.20. The van der Waals surface area contributed by atoms with E-state index in [0.717, 1.165) is 22.9 Å². The van der Waals surface area contributed by atoms with Crippen molar-refractivity contribution in [2.24, 2.45) is 0 Å². The molecule has 2 aromatic rings. The van der Waals surface area contributed by atoms with E-state index in [4.69, 9.17) is 4.42 Å². The zero-order valence-electron chi connectivity index (χ0n) is 12.5. The first kappa shape index (κ1) is 15.2. The quantitative estimate of drug-likeness (QED) is 0.866. The Hall–Kier alpha value is -1.66. The third-order valence-corrected chi connectivity index (χ3v) is 5.88. The number of fused-ring (bicyclic) bond motifs is 1. The maximum atomic E-state index is 11.7. The highest BCUT2D eigenvalue weighted by Gasteiger charge is 2.27. The summed E-state index contributed by atoms with van der Waals surface area (Å²) in [7, 11) is -2.90. The van der Waals surface area contributed by atoms with Crippen molar-refractivity contribution in [2.75, 3.05) is 11.5 Å². The summed E-state index contributed by atoms with van der Waals surface area (Å²) in [4.78, 5) is 11.7. The third kappa shape index (κ3) is 3.23. The van der Waals surface area contributed by atoms with Crippen LogP contribution in [-0.4, -0.2) is 26.0 Å². The molecule has 3 rings (SSSR count). The molecule has 0 bridgehead atoms. The van der Waals surface area contributed by atoms with Crippen LogP contribution in [0.2, 0.25) is 0 Å². The number of benzene rings is 1. The van der Waals surface area contributed by atoms with Gasteiger partial charge in [-0.1, -0.05) is 19.1 Å². The average molecular weight is 321 g/mol. The topological polar surface area (TPSA) is 76.4 Å². The Morgan fingerprint density at radius 2 is 2.14 bits per heavy atom. The molecule has 6 heteroatoms. The number of hydrogen-bond donors (Lipinski definition) is 1. The van der Waals surface area contributed by atoms with Crippen LogP contribution in [-0.2, 0) is 22.8 Å². The van der Waals surface area contributed by atoms with E-state index in [2.05, 4.69) is 5.32 Å². The maximum Gasteiger partial charge on any atom is 0.336 e. The molecule has 1 aliphatic heterocycles. The van der Waals surface area contributed by atoms with Gasteiger partial charge in [-0.2, -0.15) is 0 Å². The smallest absolute Gasteiger partial charge is 0.336 e. The highest BCUT2D eigenvalue weighted by atomic mass is 32.2. The lowest BCUT2D eigenvalue weighted by molar-refractivity contribution is 0.540. The molecule has 0 aliphatic carbocycles. The highest BCUT2D eigenvalue weighted by molar-refractivity contribution is 7.91. The summed E-state index contributed by atoms with van der Waals surface area (Å²) < 4.78 is 28.2. The largest absolute Gasteiger partial charge is 0.423 e. The van der Waals surface area contributed by atoms with Crippen molar-refractivity contribution in [2.45, 2.75) is 32.4 Å². The third-order valence-electron chi connectivity index (χ3n) is 4.12. The number of hydrogen-bond acceptors (Lipinski definition) is 5. The van der Waals surface area contributed by atoms with Gasteiger partial charge in [0.1, 0.15) is 5.58 Å². The van der Waals surface area contributed by atoms with Crippen molar-refractivity contribution in [1.29, 1.82) is 0 Å². The lowest BCUT2D eigenvalue weighted by Gasteiger charge is -2.12. The number of nitrogens with one attached hydrogen (secondary N) is 1. The van der Waals surface area contributed by atoms with Gasteiger partial charge in [0.05, 0.1) is 11.5 Å². The van der Waals surface area contributed by atoms with Gasteiger partial charge in [-0.3, -0.25) is 0 Å². The first-order chi connectivity index (χ1) is 10.5. The van der Waals surface area contributed by atoms with Crippen molar-refractivity contribution in [3.63, 3.8) is 0 Å². The van der Waals surface area contributed by atoms with E-state index in [1.807, 2.05) is 25.1 Å². The van der Waals surface area contributed by atoms with Crippen LogP contribution in [0.3, 0.4) is 0 Å².